The van der Waals surface area contributed by atoms with Crippen LogP contribution in [0.3, 0.4) is 0 Å². The number of anilines is 1. The largest absolute Gasteiger partial charge is 0.481 e. The van der Waals surface area contributed by atoms with Gasteiger partial charge in [-0.15, -0.1) is 0 Å². The highest BCUT2D eigenvalue weighted by atomic mass is 16.5. The van der Waals surface area contributed by atoms with Crippen LogP contribution in [0.4, 0.5) is 5.82 Å². The lowest BCUT2D eigenvalue weighted by atomic mass is 10.1. The minimum atomic E-state index is 0.253. The normalized spacial score (nSPS) is 12.2. The van der Waals surface area contributed by atoms with Gasteiger partial charge in [-0.05, 0) is 13.3 Å². The zero-order valence-electron chi connectivity index (χ0n) is 10.2. The molecule has 3 N–H and O–H groups in total. The fourth-order valence-electron chi connectivity index (χ4n) is 1.58. The number of nitrogens with one attached hydrogen (secondary N) is 1. The van der Waals surface area contributed by atoms with Crippen molar-refractivity contribution >= 4 is 5.82 Å². The third-order valence-electron chi connectivity index (χ3n) is 2.49. The molecule has 90 valence electrons. The van der Waals surface area contributed by atoms with E-state index in [1.54, 1.807) is 7.11 Å². The van der Waals surface area contributed by atoms with Gasteiger partial charge >= 0.3 is 0 Å². The van der Waals surface area contributed by atoms with Gasteiger partial charge in [0.2, 0.25) is 5.88 Å². The third kappa shape index (κ3) is 3.06. The maximum absolute atomic E-state index is 5.69. The zero-order valence-corrected chi connectivity index (χ0v) is 10.2. The zero-order chi connectivity index (χ0) is 12.0. The maximum Gasteiger partial charge on any atom is 0.221 e. The Morgan fingerprint density at radius 3 is 2.81 bits per heavy atom. The lowest BCUT2D eigenvalue weighted by Crippen LogP contribution is -2.29. The Labute approximate surface area is 96.4 Å². The average Bonchev–Trinajstić information content (AvgIpc) is 2.31. The van der Waals surface area contributed by atoms with E-state index in [0.29, 0.717) is 12.4 Å². The van der Waals surface area contributed by atoms with Gasteiger partial charge in [-0.2, -0.15) is 0 Å². The van der Waals surface area contributed by atoms with Crippen molar-refractivity contribution in [3.8, 4) is 5.88 Å². The molecule has 1 aromatic heterocycles. The van der Waals surface area contributed by atoms with Gasteiger partial charge in [-0.25, -0.2) is 9.97 Å². The molecule has 16 heavy (non-hydrogen) atoms. The fourth-order valence-corrected chi connectivity index (χ4v) is 1.58. The van der Waals surface area contributed by atoms with Crippen molar-refractivity contribution in [2.24, 2.45) is 5.73 Å². The van der Waals surface area contributed by atoms with Crippen LogP contribution in [-0.2, 0) is 0 Å². The Hall–Kier alpha value is -1.36. The Morgan fingerprint density at radius 2 is 2.25 bits per heavy atom. The summed E-state index contributed by atoms with van der Waals surface area (Å²) in [5.41, 5.74) is 6.61. The SMILES string of the molecule is CCCC(CN)Nc1ncnc(OC)c1C. The predicted octanol–water partition coefficient (Wildman–Crippen LogP) is 1.33. The number of hydrogen-bond donors (Lipinski definition) is 2. The van der Waals surface area contributed by atoms with Gasteiger partial charge in [0.05, 0.1) is 12.7 Å². The molecule has 5 heteroatoms. The minimum Gasteiger partial charge on any atom is -0.481 e. The Morgan fingerprint density at radius 1 is 1.50 bits per heavy atom. The van der Waals surface area contributed by atoms with Gasteiger partial charge in [0.25, 0.3) is 0 Å². The third-order valence-corrected chi connectivity index (χ3v) is 2.49. The predicted molar refractivity (Wildman–Crippen MR) is 64.7 cm³/mol. The molecule has 0 aliphatic rings. The molecule has 0 aliphatic carbocycles. The van der Waals surface area contributed by atoms with E-state index in [9.17, 15) is 0 Å². The van der Waals surface area contributed by atoms with Gasteiger partial charge in [0.15, 0.2) is 0 Å². The molecular formula is C11H20N4O. The standard InChI is InChI=1S/C11H20N4O/c1-4-5-9(6-12)15-10-8(2)11(16-3)14-7-13-10/h7,9H,4-6,12H2,1-3H3,(H,13,14,15). The van der Waals surface area contributed by atoms with Crippen molar-refractivity contribution in [1.82, 2.24) is 9.97 Å². The first-order valence-electron chi connectivity index (χ1n) is 5.55. The summed E-state index contributed by atoms with van der Waals surface area (Å²) in [4.78, 5) is 8.23. The second kappa shape index (κ2) is 6.27. The first-order valence-corrected chi connectivity index (χ1v) is 5.55. The van der Waals surface area contributed by atoms with E-state index in [1.165, 1.54) is 6.33 Å². The van der Waals surface area contributed by atoms with Crippen molar-refractivity contribution in [3.05, 3.63) is 11.9 Å². The van der Waals surface area contributed by atoms with Crippen LogP contribution >= 0.6 is 0 Å². The fraction of sp³-hybridized carbons (Fsp3) is 0.636. The average molecular weight is 224 g/mol. The van der Waals surface area contributed by atoms with Crippen LogP contribution in [0.1, 0.15) is 25.3 Å². The summed E-state index contributed by atoms with van der Waals surface area (Å²) in [6.07, 6.45) is 3.62. The summed E-state index contributed by atoms with van der Waals surface area (Å²) < 4.78 is 5.14. The summed E-state index contributed by atoms with van der Waals surface area (Å²) in [6, 6.07) is 0.253. The van der Waals surface area contributed by atoms with Crippen LogP contribution in [0.2, 0.25) is 0 Å². The molecule has 5 nitrogen and oxygen atoms in total. The molecule has 0 bridgehead atoms. The number of rotatable bonds is 6. The second-order valence-corrected chi connectivity index (χ2v) is 3.72. The molecule has 0 fully saturated rings. The number of aromatic nitrogens is 2. The van der Waals surface area contributed by atoms with E-state index in [0.717, 1.165) is 24.2 Å². The summed E-state index contributed by atoms with van der Waals surface area (Å²) in [6.45, 7) is 4.66. The lowest BCUT2D eigenvalue weighted by Gasteiger charge is -2.18. The quantitative estimate of drug-likeness (QED) is 0.762. The van der Waals surface area contributed by atoms with Crippen molar-refractivity contribution in [2.45, 2.75) is 32.7 Å². The monoisotopic (exact) mass is 224 g/mol. The topological polar surface area (TPSA) is 73.1 Å². The van der Waals surface area contributed by atoms with E-state index < -0.39 is 0 Å². The molecule has 0 amide bonds. The Bertz CT molecular complexity index is 330. The van der Waals surface area contributed by atoms with Gasteiger partial charge in [0.1, 0.15) is 12.1 Å². The van der Waals surface area contributed by atoms with Crippen molar-refractivity contribution in [2.75, 3.05) is 19.0 Å². The van der Waals surface area contributed by atoms with Crippen molar-refractivity contribution in [1.29, 1.82) is 0 Å². The first-order chi connectivity index (χ1) is 7.72. The molecule has 1 heterocycles. The van der Waals surface area contributed by atoms with Crippen molar-refractivity contribution in [3.63, 3.8) is 0 Å². The number of ether oxygens (including phenoxy) is 1. The van der Waals surface area contributed by atoms with Gasteiger partial charge in [-0.3, -0.25) is 0 Å². The molecule has 0 aromatic carbocycles. The highest BCUT2D eigenvalue weighted by molar-refractivity contribution is 5.48. The van der Waals surface area contributed by atoms with Crippen LogP contribution in [0.5, 0.6) is 5.88 Å². The number of nitrogens with two attached hydrogens (primary N) is 1. The Balaban J connectivity index is 2.79. The van der Waals surface area contributed by atoms with E-state index in [4.69, 9.17) is 10.5 Å². The van der Waals surface area contributed by atoms with E-state index in [-0.39, 0.29) is 6.04 Å². The van der Waals surface area contributed by atoms with Gasteiger partial charge in [0, 0.05) is 12.6 Å². The number of methoxy groups -OCH3 is 1. The summed E-state index contributed by atoms with van der Waals surface area (Å²) in [5, 5.41) is 3.32. The van der Waals surface area contributed by atoms with Crippen LogP contribution < -0.4 is 15.8 Å². The number of nitrogens with zero attached hydrogens (tertiary/aromatic N) is 2. The minimum absolute atomic E-state index is 0.253. The molecule has 1 aromatic rings. The molecule has 0 aliphatic heterocycles. The second-order valence-electron chi connectivity index (χ2n) is 3.72. The highest BCUT2D eigenvalue weighted by Gasteiger charge is 2.11. The van der Waals surface area contributed by atoms with Crippen LogP contribution in [0.15, 0.2) is 6.33 Å². The van der Waals surface area contributed by atoms with Crippen LogP contribution in [0, 0.1) is 6.92 Å². The van der Waals surface area contributed by atoms with E-state index >= 15 is 0 Å². The lowest BCUT2D eigenvalue weighted by molar-refractivity contribution is 0.393. The van der Waals surface area contributed by atoms with Crippen molar-refractivity contribution < 1.29 is 4.74 Å². The Kier molecular flexibility index (Phi) is 4.98. The number of hydrogen-bond acceptors (Lipinski definition) is 5. The molecule has 0 radical (unpaired) electrons. The van der Waals surface area contributed by atoms with E-state index in [2.05, 4.69) is 22.2 Å². The summed E-state index contributed by atoms with van der Waals surface area (Å²) in [7, 11) is 1.60. The molecule has 0 spiro atoms. The van der Waals surface area contributed by atoms with Gasteiger partial charge < -0.3 is 15.8 Å². The maximum atomic E-state index is 5.69. The molecule has 0 saturated heterocycles. The summed E-state index contributed by atoms with van der Waals surface area (Å²) >= 11 is 0. The van der Waals surface area contributed by atoms with Crippen LogP contribution in [0.25, 0.3) is 0 Å². The molecule has 1 atom stereocenters. The first kappa shape index (κ1) is 12.7. The van der Waals surface area contributed by atoms with Gasteiger partial charge in [-0.1, -0.05) is 13.3 Å². The van der Waals surface area contributed by atoms with Crippen LogP contribution in [-0.4, -0.2) is 29.7 Å². The smallest absolute Gasteiger partial charge is 0.221 e. The van der Waals surface area contributed by atoms with E-state index in [1.807, 2.05) is 6.92 Å². The molecule has 0 saturated carbocycles. The molecular weight excluding hydrogens is 204 g/mol. The highest BCUT2D eigenvalue weighted by Crippen LogP contribution is 2.20. The molecule has 1 unspecified atom stereocenters. The molecule has 1 rings (SSSR count). The summed E-state index contributed by atoms with van der Waals surface area (Å²) in [5.74, 6) is 1.40.